The summed E-state index contributed by atoms with van der Waals surface area (Å²) in [6, 6.07) is 3.83. The molecular weight excluding hydrogens is 292 g/mol. The molecule has 0 saturated heterocycles. The fraction of sp³-hybridized carbons (Fsp3) is 0.429. The summed E-state index contributed by atoms with van der Waals surface area (Å²) in [6.07, 6.45) is 0.0943. The van der Waals surface area contributed by atoms with Gasteiger partial charge in [-0.25, -0.2) is 0 Å². The van der Waals surface area contributed by atoms with Gasteiger partial charge in [0.15, 0.2) is 0 Å². The summed E-state index contributed by atoms with van der Waals surface area (Å²) >= 11 is 0. The topological polar surface area (TPSA) is 119 Å². The lowest BCUT2D eigenvalue weighted by Crippen LogP contribution is -2.47. The van der Waals surface area contributed by atoms with Gasteiger partial charge < -0.3 is 9.84 Å². The molecule has 0 aliphatic carbocycles. The molecule has 2 N–H and O–H groups in total. The Kier molecular flexibility index (Phi) is 6.46. The van der Waals surface area contributed by atoms with Crippen LogP contribution in [-0.4, -0.2) is 40.7 Å². The number of nitro benzene ring substituents is 1. The average molecular weight is 310 g/mol. The average Bonchev–Trinajstić information content (AvgIpc) is 2.47. The molecule has 0 unspecified atom stereocenters. The number of hydrogen-bond acceptors (Lipinski definition) is 6. The van der Waals surface area contributed by atoms with E-state index in [0.29, 0.717) is 5.56 Å². The van der Waals surface area contributed by atoms with Crippen LogP contribution in [0.4, 0.5) is 5.69 Å². The Hall–Kier alpha value is -2.48. The van der Waals surface area contributed by atoms with Crippen molar-refractivity contribution in [1.29, 1.82) is 0 Å². The number of non-ortho nitro benzene ring substituents is 1. The van der Waals surface area contributed by atoms with Crippen LogP contribution < -0.4 is 5.32 Å². The highest BCUT2D eigenvalue weighted by Gasteiger charge is 2.24. The van der Waals surface area contributed by atoms with E-state index >= 15 is 0 Å². The fourth-order valence-corrected chi connectivity index (χ4v) is 1.84. The molecule has 0 aromatic heterocycles. The summed E-state index contributed by atoms with van der Waals surface area (Å²) in [7, 11) is 0. The molecule has 0 bridgehead atoms. The van der Waals surface area contributed by atoms with Gasteiger partial charge in [0.05, 0.1) is 11.5 Å². The number of hydrogen-bond donors (Lipinski definition) is 2. The molecule has 1 aromatic rings. The summed E-state index contributed by atoms with van der Waals surface area (Å²) in [5.74, 6) is -1.65. The van der Waals surface area contributed by atoms with Crippen molar-refractivity contribution >= 4 is 17.6 Å². The molecule has 8 heteroatoms. The van der Waals surface area contributed by atoms with Crippen LogP contribution in [0.5, 0.6) is 0 Å². The minimum Gasteiger partial charge on any atom is -0.480 e. The Labute approximate surface area is 127 Å². The molecule has 0 fully saturated rings. The van der Waals surface area contributed by atoms with E-state index in [1.165, 1.54) is 31.2 Å². The molecule has 0 radical (unpaired) electrons. The second kappa shape index (κ2) is 8.08. The van der Waals surface area contributed by atoms with E-state index in [2.05, 4.69) is 5.32 Å². The fourth-order valence-electron chi connectivity index (χ4n) is 1.84. The lowest BCUT2D eigenvalue weighted by Gasteiger charge is -2.19. The third-order valence-electron chi connectivity index (χ3n) is 2.98. The van der Waals surface area contributed by atoms with Gasteiger partial charge in [-0.2, -0.15) is 0 Å². The lowest BCUT2D eigenvalue weighted by atomic mass is 10.0. The first kappa shape index (κ1) is 17.6. The van der Waals surface area contributed by atoms with Crippen molar-refractivity contribution in [3.63, 3.8) is 0 Å². The summed E-state index contributed by atoms with van der Waals surface area (Å²) in [5, 5.41) is 22.5. The third kappa shape index (κ3) is 5.13. The molecule has 120 valence electrons. The number of esters is 1. The zero-order chi connectivity index (χ0) is 16.7. The predicted octanol–water partition coefficient (Wildman–Crippen LogP) is 1.13. The van der Waals surface area contributed by atoms with E-state index in [1.54, 1.807) is 6.92 Å². The lowest BCUT2D eigenvalue weighted by molar-refractivity contribution is -0.384. The molecule has 0 aliphatic rings. The number of rotatable bonds is 8. The molecule has 0 heterocycles. The van der Waals surface area contributed by atoms with Crippen molar-refractivity contribution in [1.82, 2.24) is 5.32 Å². The monoisotopic (exact) mass is 310 g/mol. The summed E-state index contributed by atoms with van der Waals surface area (Å²) in [6.45, 7) is 3.39. The number of carboxylic acid groups (broad SMARTS) is 1. The molecule has 0 spiro atoms. The van der Waals surface area contributed by atoms with Crippen LogP contribution in [0.2, 0.25) is 0 Å². The van der Waals surface area contributed by atoms with Gasteiger partial charge in [0.2, 0.25) is 0 Å². The molecule has 0 aliphatic heterocycles. The van der Waals surface area contributed by atoms with Gasteiger partial charge in [-0.3, -0.25) is 25.0 Å². The van der Waals surface area contributed by atoms with E-state index in [-0.39, 0.29) is 18.7 Å². The maximum atomic E-state index is 11.5. The Morgan fingerprint density at radius 3 is 2.41 bits per heavy atom. The van der Waals surface area contributed by atoms with E-state index in [0.717, 1.165) is 0 Å². The number of carbonyl (C=O) groups excluding carboxylic acids is 1. The quantitative estimate of drug-likeness (QED) is 0.419. The van der Waals surface area contributed by atoms with E-state index in [4.69, 9.17) is 4.74 Å². The number of nitro groups is 1. The minimum atomic E-state index is -1.12. The van der Waals surface area contributed by atoms with Crippen LogP contribution in [0.15, 0.2) is 24.3 Å². The molecule has 0 amide bonds. The third-order valence-corrected chi connectivity index (χ3v) is 2.98. The van der Waals surface area contributed by atoms with Gasteiger partial charge in [-0.05, 0) is 25.8 Å². The number of benzene rings is 1. The van der Waals surface area contributed by atoms with Crippen LogP contribution in [0.1, 0.15) is 19.4 Å². The number of ether oxygens (including phenoxy) is 1. The largest absolute Gasteiger partial charge is 0.480 e. The Bertz CT molecular complexity index is 543. The predicted molar refractivity (Wildman–Crippen MR) is 77.5 cm³/mol. The Balaban J connectivity index is 2.73. The summed E-state index contributed by atoms with van der Waals surface area (Å²) in [5.41, 5.74) is 0.546. The molecule has 1 rings (SSSR count). The second-order valence-corrected chi connectivity index (χ2v) is 4.66. The molecule has 8 nitrogen and oxygen atoms in total. The Morgan fingerprint density at radius 1 is 1.36 bits per heavy atom. The molecular formula is C14H18N2O6. The molecule has 2 atom stereocenters. The van der Waals surface area contributed by atoms with Gasteiger partial charge in [-0.15, -0.1) is 0 Å². The summed E-state index contributed by atoms with van der Waals surface area (Å²) in [4.78, 5) is 32.8. The van der Waals surface area contributed by atoms with Gasteiger partial charge in [-0.1, -0.05) is 12.1 Å². The van der Waals surface area contributed by atoms with Crippen LogP contribution in [0.3, 0.4) is 0 Å². The number of nitrogens with zero attached hydrogens (tertiary/aromatic N) is 1. The number of aliphatic carboxylic acids is 1. The number of carbonyl (C=O) groups is 2. The first-order chi connectivity index (χ1) is 10.3. The Morgan fingerprint density at radius 2 is 1.95 bits per heavy atom. The highest BCUT2D eigenvalue weighted by atomic mass is 16.6. The maximum Gasteiger partial charge on any atom is 0.322 e. The molecule has 0 saturated carbocycles. The second-order valence-electron chi connectivity index (χ2n) is 4.66. The van der Waals surface area contributed by atoms with Crippen molar-refractivity contribution in [3.05, 3.63) is 39.9 Å². The zero-order valence-electron chi connectivity index (χ0n) is 12.3. The highest BCUT2D eigenvalue weighted by molar-refractivity contribution is 5.78. The molecule has 1 aromatic carbocycles. The van der Waals surface area contributed by atoms with Gasteiger partial charge in [0, 0.05) is 12.1 Å². The SMILES string of the molecule is CCOC(=O)[C@@H](C)N[C@@H](Cc1ccc([N+](=O)[O-])cc1)C(=O)O. The van der Waals surface area contributed by atoms with Crippen molar-refractivity contribution in [3.8, 4) is 0 Å². The van der Waals surface area contributed by atoms with Crippen LogP contribution in [-0.2, 0) is 20.7 Å². The van der Waals surface area contributed by atoms with Crippen molar-refractivity contribution in [2.75, 3.05) is 6.61 Å². The smallest absolute Gasteiger partial charge is 0.322 e. The first-order valence-corrected chi connectivity index (χ1v) is 6.74. The normalized spacial score (nSPS) is 13.2. The zero-order valence-corrected chi connectivity index (χ0v) is 12.3. The summed E-state index contributed by atoms with van der Waals surface area (Å²) < 4.78 is 4.81. The van der Waals surface area contributed by atoms with Crippen LogP contribution in [0, 0.1) is 10.1 Å². The van der Waals surface area contributed by atoms with Crippen LogP contribution in [0.25, 0.3) is 0 Å². The molecule has 22 heavy (non-hydrogen) atoms. The van der Waals surface area contributed by atoms with Gasteiger partial charge >= 0.3 is 11.9 Å². The van der Waals surface area contributed by atoms with Crippen molar-refractivity contribution in [2.45, 2.75) is 32.4 Å². The standard InChI is InChI=1S/C14H18N2O6/c1-3-22-14(19)9(2)15-12(13(17)18)8-10-4-6-11(7-5-10)16(20)21/h4-7,9,12,15H,3,8H2,1-2H3,(H,17,18)/t9-,12+/m1/s1. The van der Waals surface area contributed by atoms with Crippen LogP contribution >= 0.6 is 0 Å². The maximum absolute atomic E-state index is 11.5. The number of nitrogens with one attached hydrogen (secondary N) is 1. The van der Waals surface area contributed by atoms with Gasteiger partial charge in [0.25, 0.3) is 5.69 Å². The minimum absolute atomic E-state index is 0.0662. The van der Waals surface area contributed by atoms with Crippen molar-refractivity contribution < 1.29 is 24.4 Å². The first-order valence-electron chi connectivity index (χ1n) is 6.74. The number of carboxylic acids is 1. The van der Waals surface area contributed by atoms with Gasteiger partial charge in [0.1, 0.15) is 12.1 Å². The van der Waals surface area contributed by atoms with E-state index in [1.807, 2.05) is 0 Å². The van der Waals surface area contributed by atoms with E-state index < -0.39 is 28.9 Å². The van der Waals surface area contributed by atoms with Crippen molar-refractivity contribution in [2.24, 2.45) is 0 Å². The highest BCUT2D eigenvalue weighted by Crippen LogP contribution is 2.13. The van der Waals surface area contributed by atoms with E-state index in [9.17, 15) is 24.8 Å².